The number of nitrogens with two attached hydrogens (primary N) is 1. The van der Waals surface area contributed by atoms with E-state index in [9.17, 15) is 4.79 Å². The third-order valence-corrected chi connectivity index (χ3v) is 4.42. The number of rotatable bonds is 6. The largest absolute Gasteiger partial charge is 0.493 e. The quantitative estimate of drug-likeness (QED) is 0.835. The second kappa shape index (κ2) is 7.83. The minimum Gasteiger partial charge on any atom is -0.493 e. The first-order valence-corrected chi connectivity index (χ1v) is 8.39. The number of nitrogens with zero attached hydrogens (tertiary/aromatic N) is 1. The van der Waals surface area contributed by atoms with Gasteiger partial charge < -0.3 is 20.1 Å². The fraction of sp³-hybridized carbons (Fsp3) is 0.562. The van der Waals surface area contributed by atoms with E-state index in [1.54, 1.807) is 19.2 Å². The molecular weight excluding hydrogens is 348 g/mol. The molecule has 1 aromatic rings. The summed E-state index contributed by atoms with van der Waals surface area (Å²) in [6.07, 6.45) is 1.88. The average Bonchev–Trinajstić information content (AvgIpc) is 3.01. The molecule has 0 spiro atoms. The number of benzene rings is 1. The van der Waals surface area contributed by atoms with E-state index in [1.807, 2.05) is 11.8 Å². The van der Waals surface area contributed by atoms with Crippen LogP contribution in [0.3, 0.4) is 0 Å². The topological polar surface area (TPSA) is 64.8 Å². The summed E-state index contributed by atoms with van der Waals surface area (Å²) in [5, 5.41) is 0. The molecule has 0 aliphatic carbocycles. The molecule has 1 aromatic carbocycles. The average molecular weight is 371 g/mol. The van der Waals surface area contributed by atoms with E-state index in [0.717, 1.165) is 30.4 Å². The normalized spacial score (nSPS) is 17.6. The number of hydrogen-bond donors (Lipinski definition) is 1. The minimum absolute atomic E-state index is 0.0111. The van der Waals surface area contributed by atoms with Crippen LogP contribution in [-0.2, 0) is 0 Å². The van der Waals surface area contributed by atoms with Crippen LogP contribution in [0.15, 0.2) is 16.6 Å². The molecule has 0 bridgehead atoms. The maximum Gasteiger partial charge on any atom is 0.254 e. The number of hydrogen-bond acceptors (Lipinski definition) is 4. The Morgan fingerprint density at radius 3 is 2.86 bits per heavy atom. The van der Waals surface area contributed by atoms with Gasteiger partial charge in [-0.15, -0.1) is 0 Å². The molecule has 1 unspecified atom stereocenters. The molecule has 0 saturated carbocycles. The first-order valence-electron chi connectivity index (χ1n) is 7.60. The summed E-state index contributed by atoms with van der Waals surface area (Å²) in [6.45, 7) is 4.75. The first-order chi connectivity index (χ1) is 10.6. The predicted molar refractivity (Wildman–Crippen MR) is 89.5 cm³/mol. The van der Waals surface area contributed by atoms with Crippen LogP contribution in [0.1, 0.15) is 30.1 Å². The van der Waals surface area contributed by atoms with Crippen LogP contribution in [-0.4, -0.2) is 44.2 Å². The van der Waals surface area contributed by atoms with Crippen molar-refractivity contribution in [2.45, 2.75) is 19.8 Å². The van der Waals surface area contributed by atoms with Gasteiger partial charge in [-0.2, -0.15) is 0 Å². The second-order valence-corrected chi connectivity index (χ2v) is 6.33. The van der Waals surface area contributed by atoms with Crippen LogP contribution in [0, 0.1) is 5.92 Å². The first kappa shape index (κ1) is 17.1. The van der Waals surface area contributed by atoms with Gasteiger partial charge in [-0.3, -0.25) is 4.79 Å². The number of methoxy groups -OCH3 is 1. The van der Waals surface area contributed by atoms with Crippen LogP contribution in [0.4, 0.5) is 0 Å². The van der Waals surface area contributed by atoms with E-state index in [-0.39, 0.29) is 5.91 Å². The molecule has 1 saturated heterocycles. The summed E-state index contributed by atoms with van der Waals surface area (Å²) in [5.41, 5.74) is 6.29. The number of carbonyl (C=O) groups excluding carboxylic acids is 1. The maximum atomic E-state index is 12.6. The van der Waals surface area contributed by atoms with Crippen LogP contribution in [0.2, 0.25) is 0 Å². The molecule has 2 rings (SSSR count). The Morgan fingerprint density at radius 1 is 1.50 bits per heavy atom. The van der Waals surface area contributed by atoms with Gasteiger partial charge in [0, 0.05) is 18.7 Å². The maximum absolute atomic E-state index is 12.6. The number of amides is 1. The highest BCUT2D eigenvalue weighted by Gasteiger charge is 2.27. The molecule has 1 amide bonds. The highest BCUT2D eigenvalue weighted by atomic mass is 79.9. The third kappa shape index (κ3) is 3.73. The van der Waals surface area contributed by atoms with Crippen molar-refractivity contribution in [3.8, 4) is 11.5 Å². The monoisotopic (exact) mass is 370 g/mol. The van der Waals surface area contributed by atoms with Crippen LogP contribution >= 0.6 is 15.9 Å². The van der Waals surface area contributed by atoms with Crippen molar-refractivity contribution in [1.29, 1.82) is 0 Å². The molecule has 1 fully saturated rings. The van der Waals surface area contributed by atoms with Gasteiger partial charge in [0.05, 0.1) is 18.2 Å². The van der Waals surface area contributed by atoms with Gasteiger partial charge in [0.15, 0.2) is 11.5 Å². The molecular formula is C16H23BrN2O3. The van der Waals surface area contributed by atoms with Gasteiger partial charge >= 0.3 is 0 Å². The smallest absolute Gasteiger partial charge is 0.254 e. The zero-order valence-corrected chi connectivity index (χ0v) is 14.7. The van der Waals surface area contributed by atoms with E-state index in [2.05, 4.69) is 15.9 Å². The zero-order valence-electron chi connectivity index (χ0n) is 13.1. The summed E-state index contributed by atoms with van der Waals surface area (Å²) in [5.74, 6) is 1.63. The summed E-state index contributed by atoms with van der Waals surface area (Å²) in [6, 6.07) is 3.54. The van der Waals surface area contributed by atoms with Crippen LogP contribution in [0.25, 0.3) is 0 Å². The zero-order chi connectivity index (χ0) is 16.1. The van der Waals surface area contributed by atoms with E-state index in [0.29, 0.717) is 36.1 Å². The Bertz CT molecular complexity index is 536. The molecule has 5 nitrogen and oxygen atoms in total. The van der Waals surface area contributed by atoms with Crippen molar-refractivity contribution >= 4 is 21.8 Å². The van der Waals surface area contributed by atoms with E-state index >= 15 is 0 Å². The highest BCUT2D eigenvalue weighted by Crippen LogP contribution is 2.37. The van der Waals surface area contributed by atoms with Crippen molar-refractivity contribution in [2.75, 3.05) is 33.4 Å². The second-order valence-electron chi connectivity index (χ2n) is 5.48. The SMILES string of the molecule is CCCOc1c(Br)cc(C(=O)N2CCC(CN)C2)cc1OC. The molecule has 1 aliphatic heterocycles. The van der Waals surface area contributed by atoms with Gasteiger partial charge in [-0.25, -0.2) is 0 Å². The van der Waals surface area contributed by atoms with Crippen LogP contribution in [0.5, 0.6) is 11.5 Å². The van der Waals surface area contributed by atoms with E-state index in [1.165, 1.54) is 0 Å². The molecule has 1 aliphatic rings. The highest BCUT2D eigenvalue weighted by molar-refractivity contribution is 9.10. The molecule has 122 valence electrons. The number of ether oxygens (including phenoxy) is 2. The standard InChI is InChI=1S/C16H23BrN2O3/c1-3-6-22-15-13(17)7-12(8-14(15)21-2)16(20)19-5-4-11(9-18)10-19/h7-8,11H,3-6,9-10,18H2,1-2H3. The Morgan fingerprint density at radius 2 is 2.27 bits per heavy atom. The Labute approximate surface area is 139 Å². The van der Waals surface area contributed by atoms with Crippen molar-refractivity contribution in [3.05, 3.63) is 22.2 Å². The predicted octanol–water partition coefficient (Wildman–Crippen LogP) is 2.67. The summed E-state index contributed by atoms with van der Waals surface area (Å²) in [7, 11) is 1.58. The lowest BCUT2D eigenvalue weighted by molar-refractivity contribution is 0.0787. The molecule has 6 heteroatoms. The molecule has 22 heavy (non-hydrogen) atoms. The summed E-state index contributed by atoms with van der Waals surface area (Å²) < 4.78 is 11.8. The van der Waals surface area contributed by atoms with Gasteiger partial charge in [0.1, 0.15) is 0 Å². The van der Waals surface area contributed by atoms with Gasteiger partial charge in [0.2, 0.25) is 0 Å². The fourth-order valence-corrected chi connectivity index (χ4v) is 3.14. The number of likely N-dealkylation sites (tertiary alicyclic amines) is 1. The number of carbonyl (C=O) groups is 1. The Hall–Kier alpha value is -1.27. The van der Waals surface area contributed by atoms with Crippen molar-refractivity contribution in [1.82, 2.24) is 4.90 Å². The van der Waals surface area contributed by atoms with Crippen molar-refractivity contribution in [3.63, 3.8) is 0 Å². The summed E-state index contributed by atoms with van der Waals surface area (Å²) >= 11 is 3.48. The fourth-order valence-electron chi connectivity index (χ4n) is 2.58. The van der Waals surface area contributed by atoms with Crippen molar-refractivity contribution < 1.29 is 14.3 Å². The Kier molecular flexibility index (Phi) is 6.08. The van der Waals surface area contributed by atoms with Gasteiger partial charge in [-0.05, 0) is 53.4 Å². The lowest BCUT2D eigenvalue weighted by Crippen LogP contribution is -2.29. The Balaban J connectivity index is 2.21. The minimum atomic E-state index is 0.0111. The molecule has 1 heterocycles. The van der Waals surface area contributed by atoms with Crippen molar-refractivity contribution in [2.24, 2.45) is 11.7 Å². The molecule has 1 atom stereocenters. The third-order valence-electron chi connectivity index (χ3n) is 3.83. The van der Waals surface area contributed by atoms with Gasteiger partial charge in [0.25, 0.3) is 5.91 Å². The lowest BCUT2D eigenvalue weighted by atomic mass is 10.1. The molecule has 0 radical (unpaired) electrons. The van der Waals surface area contributed by atoms with E-state index in [4.69, 9.17) is 15.2 Å². The van der Waals surface area contributed by atoms with Gasteiger partial charge in [-0.1, -0.05) is 6.92 Å². The lowest BCUT2D eigenvalue weighted by Gasteiger charge is -2.18. The van der Waals surface area contributed by atoms with E-state index < -0.39 is 0 Å². The van der Waals surface area contributed by atoms with Crippen LogP contribution < -0.4 is 15.2 Å². The number of halogens is 1. The molecule has 2 N–H and O–H groups in total. The summed E-state index contributed by atoms with van der Waals surface area (Å²) in [4.78, 5) is 14.5. The molecule has 0 aromatic heterocycles.